The number of rotatable bonds is 5. The molecule has 0 saturated heterocycles. The maximum absolute atomic E-state index is 11.9. The lowest BCUT2D eigenvalue weighted by Crippen LogP contribution is -2.23. The van der Waals surface area contributed by atoms with Gasteiger partial charge in [0.2, 0.25) is 10.0 Å². The van der Waals surface area contributed by atoms with E-state index in [4.69, 9.17) is 17.3 Å². The van der Waals surface area contributed by atoms with Crippen LogP contribution in [0, 0.1) is 0 Å². The van der Waals surface area contributed by atoms with Gasteiger partial charge in [-0.1, -0.05) is 11.6 Å². The van der Waals surface area contributed by atoms with Crippen molar-refractivity contribution in [2.45, 2.75) is 4.90 Å². The zero-order valence-corrected chi connectivity index (χ0v) is 12.4. The average Bonchev–Trinajstić information content (AvgIpc) is 2.35. The standard InChI is InChI=1S/C11H13ClN2O5S/c1-14(2)20(17,18)7-3-4-9(12)8(5-7)11(16)19-6-10(13)15/h3-5H,6H2,1-2H3,(H2,13,15). The number of benzene rings is 1. The summed E-state index contributed by atoms with van der Waals surface area (Å²) in [5.74, 6) is -1.75. The Morgan fingerprint density at radius 3 is 2.45 bits per heavy atom. The molecular weight excluding hydrogens is 308 g/mol. The minimum Gasteiger partial charge on any atom is -0.452 e. The van der Waals surface area contributed by atoms with E-state index in [2.05, 4.69) is 4.74 Å². The SMILES string of the molecule is CN(C)S(=O)(=O)c1ccc(Cl)c(C(=O)OCC(N)=O)c1. The van der Waals surface area contributed by atoms with E-state index in [9.17, 15) is 18.0 Å². The van der Waals surface area contributed by atoms with Gasteiger partial charge in [-0.3, -0.25) is 4.79 Å². The summed E-state index contributed by atoms with van der Waals surface area (Å²) in [5, 5.41) is 0.0113. The number of nitrogens with two attached hydrogens (primary N) is 1. The first-order chi connectivity index (χ1) is 9.16. The van der Waals surface area contributed by atoms with Gasteiger partial charge in [-0.2, -0.15) is 0 Å². The van der Waals surface area contributed by atoms with Crippen LogP contribution >= 0.6 is 11.6 Å². The Morgan fingerprint density at radius 1 is 1.35 bits per heavy atom. The van der Waals surface area contributed by atoms with Gasteiger partial charge in [0, 0.05) is 14.1 Å². The number of halogens is 1. The Bertz CT molecular complexity index is 642. The highest BCUT2D eigenvalue weighted by Gasteiger charge is 2.21. The molecule has 0 bridgehead atoms. The van der Waals surface area contributed by atoms with Crippen LogP contribution in [0.3, 0.4) is 0 Å². The Balaban J connectivity index is 3.16. The minimum absolute atomic E-state index is 0.0113. The zero-order valence-electron chi connectivity index (χ0n) is 10.8. The number of ether oxygens (including phenoxy) is 1. The normalized spacial score (nSPS) is 11.4. The number of amides is 1. The van der Waals surface area contributed by atoms with Gasteiger partial charge in [-0.05, 0) is 18.2 Å². The second-order valence-corrected chi connectivity index (χ2v) is 6.53. The lowest BCUT2D eigenvalue weighted by molar-refractivity contribution is -0.121. The topological polar surface area (TPSA) is 107 Å². The summed E-state index contributed by atoms with van der Waals surface area (Å²) in [4.78, 5) is 22.1. The molecule has 0 heterocycles. The van der Waals surface area contributed by atoms with Crippen molar-refractivity contribution in [3.63, 3.8) is 0 Å². The van der Waals surface area contributed by atoms with Crippen molar-refractivity contribution in [3.8, 4) is 0 Å². The Labute approximate surface area is 121 Å². The average molecular weight is 321 g/mol. The molecule has 1 aromatic carbocycles. The van der Waals surface area contributed by atoms with Gasteiger partial charge in [-0.25, -0.2) is 17.5 Å². The molecule has 0 radical (unpaired) electrons. The second kappa shape index (κ2) is 6.21. The van der Waals surface area contributed by atoms with E-state index in [-0.39, 0.29) is 15.5 Å². The van der Waals surface area contributed by atoms with Crippen molar-refractivity contribution >= 4 is 33.5 Å². The monoisotopic (exact) mass is 320 g/mol. The highest BCUT2D eigenvalue weighted by molar-refractivity contribution is 7.89. The fourth-order valence-electron chi connectivity index (χ4n) is 1.25. The molecule has 110 valence electrons. The number of hydrogen-bond donors (Lipinski definition) is 1. The van der Waals surface area contributed by atoms with Crippen molar-refractivity contribution in [1.29, 1.82) is 0 Å². The van der Waals surface area contributed by atoms with Crippen molar-refractivity contribution < 1.29 is 22.7 Å². The molecule has 0 saturated carbocycles. The minimum atomic E-state index is -3.71. The predicted molar refractivity (Wildman–Crippen MR) is 71.8 cm³/mol. The maximum Gasteiger partial charge on any atom is 0.340 e. The summed E-state index contributed by atoms with van der Waals surface area (Å²) in [6.07, 6.45) is 0. The van der Waals surface area contributed by atoms with E-state index in [1.165, 1.54) is 26.2 Å². The first-order valence-electron chi connectivity index (χ1n) is 5.33. The van der Waals surface area contributed by atoms with E-state index in [1.807, 2.05) is 0 Å². The van der Waals surface area contributed by atoms with Crippen LogP contribution in [-0.2, 0) is 19.6 Å². The Morgan fingerprint density at radius 2 is 1.95 bits per heavy atom. The van der Waals surface area contributed by atoms with Crippen LogP contribution in [-0.4, -0.2) is 45.3 Å². The van der Waals surface area contributed by atoms with E-state index in [0.717, 1.165) is 10.4 Å². The summed E-state index contributed by atoms with van der Waals surface area (Å²) >= 11 is 5.81. The molecule has 7 nitrogen and oxygen atoms in total. The number of nitrogens with zero attached hydrogens (tertiary/aromatic N) is 1. The van der Waals surface area contributed by atoms with E-state index in [1.54, 1.807) is 0 Å². The molecule has 0 atom stereocenters. The number of hydrogen-bond acceptors (Lipinski definition) is 5. The summed E-state index contributed by atoms with van der Waals surface area (Å²) in [6.45, 7) is -0.611. The van der Waals surface area contributed by atoms with Crippen molar-refractivity contribution in [2.75, 3.05) is 20.7 Å². The molecule has 0 aliphatic rings. The molecule has 1 rings (SSSR count). The number of carbonyl (C=O) groups is 2. The largest absolute Gasteiger partial charge is 0.452 e. The van der Waals surface area contributed by atoms with Gasteiger partial charge >= 0.3 is 5.97 Å². The molecule has 9 heteroatoms. The molecule has 0 spiro atoms. The van der Waals surface area contributed by atoms with Gasteiger partial charge in [-0.15, -0.1) is 0 Å². The Hall–Kier alpha value is -1.64. The van der Waals surface area contributed by atoms with Crippen LogP contribution in [0.5, 0.6) is 0 Å². The molecular formula is C11H13ClN2O5S. The second-order valence-electron chi connectivity index (χ2n) is 3.97. The molecule has 0 aliphatic carbocycles. The number of esters is 1. The smallest absolute Gasteiger partial charge is 0.340 e. The Kier molecular flexibility index (Phi) is 5.09. The molecule has 2 N–H and O–H groups in total. The zero-order chi connectivity index (χ0) is 15.5. The molecule has 0 aliphatic heterocycles. The van der Waals surface area contributed by atoms with Gasteiger partial charge < -0.3 is 10.5 Å². The van der Waals surface area contributed by atoms with E-state index >= 15 is 0 Å². The third-order valence-electron chi connectivity index (χ3n) is 2.28. The van der Waals surface area contributed by atoms with Gasteiger partial charge in [0.25, 0.3) is 5.91 Å². The summed E-state index contributed by atoms with van der Waals surface area (Å²) in [6, 6.07) is 3.61. The summed E-state index contributed by atoms with van der Waals surface area (Å²) in [5.41, 5.74) is 4.69. The molecule has 0 aromatic heterocycles. The van der Waals surface area contributed by atoms with Crippen LogP contribution in [0.4, 0.5) is 0 Å². The highest BCUT2D eigenvalue weighted by Crippen LogP contribution is 2.22. The predicted octanol–water partition coefficient (Wildman–Crippen LogP) is 0.232. The highest BCUT2D eigenvalue weighted by atomic mass is 35.5. The van der Waals surface area contributed by atoms with Crippen molar-refractivity contribution in [3.05, 3.63) is 28.8 Å². The third-order valence-corrected chi connectivity index (χ3v) is 4.42. The van der Waals surface area contributed by atoms with Crippen molar-refractivity contribution in [2.24, 2.45) is 5.73 Å². The summed E-state index contributed by atoms with van der Waals surface area (Å²) < 4.78 is 29.5. The van der Waals surface area contributed by atoms with E-state index in [0.29, 0.717) is 0 Å². The van der Waals surface area contributed by atoms with E-state index < -0.39 is 28.5 Å². The molecule has 1 amide bonds. The van der Waals surface area contributed by atoms with Gasteiger partial charge in [0.15, 0.2) is 6.61 Å². The third kappa shape index (κ3) is 3.69. The fraction of sp³-hybridized carbons (Fsp3) is 0.273. The number of carbonyl (C=O) groups excluding carboxylic acids is 2. The first kappa shape index (κ1) is 16.4. The van der Waals surface area contributed by atoms with Gasteiger partial charge in [0.05, 0.1) is 15.5 Å². The fourth-order valence-corrected chi connectivity index (χ4v) is 2.37. The van der Waals surface area contributed by atoms with Gasteiger partial charge in [0.1, 0.15) is 0 Å². The molecule has 1 aromatic rings. The maximum atomic E-state index is 11.9. The van der Waals surface area contributed by atoms with Crippen molar-refractivity contribution in [1.82, 2.24) is 4.31 Å². The molecule has 20 heavy (non-hydrogen) atoms. The molecule has 0 fully saturated rings. The van der Waals surface area contributed by atoms with Crippen LogP contribution < -0.4 is 5.73 Å². The molecule has 0 unspecified atom stereocenters. The lowest BCUT2D eigenvalue weighted by atomic mass is 10.2. The first-order valence-corrected chi connectivity index (χ1v) is 7.15. The summed E-state index contributed by atoms with van der Waals surface area (Å²) in [7, 11) is -0.993. The quantitative estimate of drug-likeness (QED) is 0.782. The van der Waals surface area contributed by atoms with Crippen LogP contribution in [0.2, 0.25) is 5.02 Å². The van der Waals surface area contributed by atoms with Crippen LogP contribution in [0.1, 0.15) is 10.4 Å². The van der Waals surface area contributed by atoms with Crippen LogP contribution in [0.15, 0.2) is 23.1 Å². The lowest BCUT2D eigenvalue weighted by Gasteiger charge is -2.12. The number of primary amides is 1. The number of sulfonamides is 1. The van der Waals surface area contributed by atoms with Crippen LogP contribution in [0.25, 0.3) is 0 Å².